The van der Waals surface area contributed by atoms with Gasteiger partial charge in [0.2, 0.25) is 0 Å². The molecule has 0 saturated carbocycles. The summed E-state index contributed by atoms with van der Waals surface area (Å²) in [5.74, 6) is -0.292. The van der Waals surface area contributed by atoms with Crippen molar-refractivity contribution in [2.75, 3.05) is 7.11 Å². The fourth-order valence-electron chi connectivity index (χ4n) is 1.63. The number of halogens is 2. The molecule has 2 rings (SSSR count). The molecule has 0 fully saturated rings. The number of carbonyl (C=O) groups excluding carboxylic acids is 1. The van der Waals surface area contributed by atoms with Crippen molar-refractivity contribution in [1.82, 2.24) is 0 Å². The van der Waals surface area contributed by atoms with E-state index in [0.717, 1.165) is 10.0 Å². The fraction of sp³-hybridized carbons (Fsp3) is 0.133. The molecular formula is C15H12BrFO3. The van der Waals surface area contributed by atoms with E-state index in [4.69, 9.17) is 4.74 Å². The third-order valence-electron chi connectivity index (χ3n) is 2.66. The van der Waals surface area contributed by atoms with Gasteiger partial charge in [-0.3, -0.25) is 0 Å². The number of esters is 1. The van der Waals surface area contributed by atoms with E-state index in [1.807, 2.05) is 0 Å². The summed E-state index contributed by atoms with van der Waals surface area (Å²) < 4.78 is 23.9. The van der Waals surface area contributed by atoms with Gasteiger partial charge in [-0.2, -0.15) is 0 Å². The van der Waals surface area contributed by atoms with E-state index in [0.29, 0.717) is 11.3 Å². The van der Waals surface area contributed by atoms with Crippen LogP contribution in [0.4, 0.5) is 4.39 Å². The zero-order chi connectivity index (χ0) is 14.5. The van der Waals surface area contributed by atoms with Gasteiger partial charge in [0.05, 0.1) is 12.7 Å². The third kappa shape index (κ3) is 3.57. The van der Waals surface area contributed by atoms with Crippen molar-refractivity contribution in [3.63, 3.8) is 0 Å². The minimum atomic E-state index is -0.400. The van der Waals surface area contributed by atoms with Crippen LogP contribution in [0, 0.1) is 5.82 Å². The molecule has 0 heterocycles. The first-order chi connectivity index (χ1) is 9.60. The van der Waals surface area contributed by atoms with Crippen molar-refractivity contribution in [1.29, 1.82) is 0 Å². The third-order valence-corrected chi connectivity index (χ3v) is 3.40. The number of ether oxygens (including phenoxy) is 2. The van der Waals surface area contributed by atoms with Gasteiger partial charge in [-0.15, -0.1) is 0 Å². The van der Waals surface area contributed by atoms with Crippen LogP contribution >= 0.6 is 15.9 Å². The molecule has 0 atom stereocenters. The average Bonchev–Trinajstić information content (AvgIpc) is 2.45. The normalized spacial score (nSPS) is 10.2. The molecule has 0 aliphatic heterocycles. The van der Waals surface area contributed by atoms with Crippen molar-refractivity contribution >= 4 is 21.9 Å². The molecule has 3 nitrogen and oxygen atoms in total. The zero-order valence-corrected chi connectivity index (χ0v) is 12.3. The van der Waals surface area contributed by atoms with Crippen LogP contribution in [-0.2, 0) is 11.3 Å². The Bertz CT molecular complexity index is 628. The summed E-state index contributed by atoms with van der Waals surface area (Å²) in [5.41, 5.74) is 1.30. The highest BCUT2D eigenvalue weighted by Gasteiger charge is 2.09. The van der Waals surface area contributed by atoms with Crippen LogP contribution in [0.2, 0.25) is 0 Å². The largest absolute Gasteiger partial charge is 0.489 e. The van der Waals surface area contributed by atoms with E-state index >= 15 is 0 Å². The lowest BCUT2D eigenvalue weighted by Crippen LogP contribution is -2.03. The van der Waals surface area contributed by atoms with E-state index in [-0.39, 0.29) is 12.4 Å². The Morgan fingerprint density at radius 3 is 2.70 bits per heavy atom. The number of carbonyl (C=O) groups is 1. The summed E-state index contributed by atoms with van der Waals surface area (Å²) in [7, 11) is 1.33. The standard InChI is InChI=1S/C15H12BrFO3/c1-19-15(18)10-5-6-11(14(16)7-10)9-20-13-4-2-3-12(17)8-13/h2-8H,9H2,1H3. The maximum atomic E-state index is 13.0. The van der Waals surface area contributed by atoms with Crippen LogP contribution in [0.5, 0.6) is 5.75 Å². The molecule has 20 heavy (non-hydrogen) atoms. The summed E-state index contributed by atoms with van der Waals surface area (Å²) in [5, 5.41) is 0. The second-order valence-corrected chi connectivity index (χ2v) is 4.90. The first kappa shape index (κ1) is 14.5. The highest BCUT2D eigenvalue weighted by atomic mass is 79.9. The molecule has 0 aliphatic rings. The Hall–Kier alpha value is -1.88. The van der Waals surface area contributed by atoms with Gasteiger partial charge in [0, 0.05) is 16.1 Å². The second-order valence-electron chi connectivity index (χ2n) is 4.04. The lowest BCUT2D eigenvalue weighted by Gasteiger charge is -2.09. The van der Waals surface area contributed by atoms with Crippen LogP contribution in [0.25, 0.3) is 0 Å². The summed E-state index contributed by atoms with van der Waals surface area (Å²) in [6.45, 7) is 0.269. The fourth-order valence-corrected chi connectivity index (χ4v) is 2.12. The first-order valence-electron chi connectivity index (χ1n) is 5.85. The number of hydrogen-bond acceptors (Lipinski definition) is 3. The summed E-state index contributed by atoms with van der Waals surface area (Å²) >= 11 is 3.37. The Morgan fingerprint density at radius 2 is 2.05 bits per heavy atom. The second kappa shape index (κ2) is 6.52. The van der Waals surface area contributed by atoms with Gasteiger partial charge in [0.1, 0.15) is 18.2 Å². The molecule has 2 aromatic rings. The highest BCUT2D eigenvalue weighted by molar-refractivity contribution is 9.10. The Morgan fingerprint density at radius 1 is 1.25 bits per heavy atom. The molecule has 0 N–H and O–H groups in total. The average molecular weight is 339 g/mol. The van der Waals surface area contributed by atoms with Gasteiger partial charge in [-0.05, 0) is 24.3 Å². The van der Waals surface area contributed by atoms with Crippen molar-refractivity contribution in [2.45, 2.75) is 6.61 Å². The predicted octanol–water partition coefficient (Wildman–Crippen LogP) is 3.95. The van der Waals surface area contributed by atoms with E-state index in [1.165, 1.54) is 19.2 Å². The maximum Gasteiger partial charge on any atom is 0.337 e. The first-order valence-corrected chi connectivity index (χ1v) is 6.64. The smallest absolute Gasteiger partial charge is 0.337 e. The van der Waals surface area contributed by atoms with Crippen molar-refractivity contribution in [2.24, 2.45) is 0 Å². The summed E-state index contributed by atoms with van der Waals surface area (Å²) in [6.07, 6.45) is 0. The van der Waals surface area contributed by atoms with Crippen LogP contribution < -0.4 is 4.74 Å². The molecule has 0 radical (unpaired) electrons. The molecule has 0 spiro atoms. The number of benzene rings is 2. The molecule has 0 amide bonds. The molecule has 0 aliphatic carbocycles. The Kier molecular flexibility index (Phi) is 4.74. The van der Waals surface area contributed by atoms with E-state index in [2.05, 4.69) is 20.7 Å². The van der Waals surface area contributed by atoms with Gasteiger partial charge in [0.25, 0.3) is 0 Å². The monoisotopic (exact) mass is 338 g/mol. The van der Waals surface area contributed by atoms with E-state index in [1.54, 1.807) is 30.3 Å². The molecule has 2 aromatic carbocycles. The Balaban J connectivity index is 2.08. The van der Waals surface area contributed by atoms with Crippen LogP contribution in [0.3, 0.4) is 0 Å². The molecule has 5 heteroatoms. The SMILES string of the molecule is COC(=O)c1ccc(COc2cccc(F)c2)c(Br)c1. The van der Waals surface area contributed by atoms with Crippen molar-refractivity contribution in [3.05, 3.63) is 63.9 Å². The maximum absolute atomic E-state index is 13.0. The minimum Gasteiger partial charge on any atom is -0.489 e. The minimum absolute atomic E-state index is 0.269. The molecule has 0 aromatic heterocycles. The molecule has 0 saturated heterocycles. The van der Waals surface area contributed by atoms with Crippen molar-refractivity contribution in [3.8, 4) is 5.75 Å². The van der Waals surface area contributed by atoms with Crippen LogP contribution in [0.1, 0.15) is 15.9 Å². The number of hydrogen-bond donors (Lipinski definition) is 0. The molecule has 0 unspecified atom stereocenters. The van der Waals surface area contributed by atoms with Gasteiger partial charge in [0.15, 0.2) is 0 Å². The molecule has 0 bridgehead atoms. The summed E-state index contributed by atoms with van der Waals surface area (Å²) in [6, 6.07) is 11.0. The lowest BCUT2D eigenvalue weighted by atomic mass is 10.1. The quantitative estimate of drug-likeness (QED) is 0.791. The van der Waals surface area contributed by atoms with Crippen LogP contribution in [-0.4, -0.2) is 13.1 Å². The highest BCUT2D eigenvalue weighted by Crippen LogP contribution is 2.21. The van der Waals surface area contributed by atoms with E-state index in [9.17, 15) is 9.18 Å². The zero-order valence-electron chi connectivity index (χ0n) is 10.7. The Labute approximate surface area is 124 Å². The molecule has 104 valence electrons. The lowest BCUT2D eigenvalue weighted by molar-refractivity contribution is 0.0600. The van der Waals surface area contributed by atoms with Gasteiger partial charge >= 0.3 is 5.97 Å². The number of rotatable bonds is 4. The van der Waals surface area contributed by atoms with Gasteiger partial charge < -0.3 is 9.47 Å². The van der Waals surface area contributed by atoms with Gasteiger partial charge in [-0.1, -0.05) is 28.1 Å². The predicted molar refractivity (Wildman–Crippen MR) is 76.2 cm³/mol. The van der Waals surface area contributed by atoms with Crippen molar-refractivity contribution < 1.29 is 18.7 Å². The topological polar surface area (TPSA) is 35.5 Å². The van der Waals surface area contributed by atoms with Crippen LogP contribution in [0.15, 0.2) is 46.9 Å². The molecular weight excluding hydrogens is 327 g/mol. The summed E-state index contributed by atoms with van der Waals surface area (Å²) in [4.78, 5) is 11.4. The van der Waals surface area contributed by atoms with Gasteiger partial charge in [-0.25, -0.2) is 9.18 Å². The number of methoxy groups -OCH3 is 1. The van der Waals surface area contributed by atoms with E-state index < -0.39 is 5.97 Å².